The summed E-state index contributed by atoms with van der Waals surface area (Å²) in [6.07, 6.45) is 0. The number of carbonyl (C=O) groups is 1. The number of carboxylic acids is 1. The Labute approximate surface area is 133 Å². The molecule has 0 aliphatic heterocycles. The number of hydrogen-bond acceptors (Lipinski definition) is 5. The Balaban J connectivity index is 2.41. The summed E-state index contributed by atoms with van der Waals surface area (Å²) in [5, 5.41) is 8.85. The van der Waals surface area contributed by atoms with Crippen LogP contribution in [0.4, 0.5) is 5.69 Å². The van der Waals surface area contributed by atoms with Crippen LogP contribution < -0.4 is 14.2 Å². The molecule has 7 nitrogen and oxygen atoms in total. The van der Waals surface area contributed by atoms with Crippen molar-refractivity contribution in [2.24, 2.45) is 0 Å². The lowest BCUT2D eigenvalue weighted by Gasteiger charge is -2.14. The maximum absolute atomic E-state index is 12.6. The van der Waals surface area contributed by atoms with Crippen molar-refractivity contribution < 1.29 is 27.8 Å². The first-order valence-electron chi connectivity index (χ1n) is 6.46. The molecule has 0 spiro atoms. The summed E-state index contributed by atoms with van der Waals surface area (Å²) in [6, 6.07) is 9.96. The maximum atomic E-state index is 12.6. The van der Waals surface area contributed by atoms with Gasteiger partial charge < -0.3 is 14.6 Å². The number of ether oxygens (including phenoxy) is 2. The Morgan fingerprint density at radius 2 is 1.52 bits per heavy atom. The lowest BCUT2D eigenvalue weighted by molar-refractivity contribution is 0.0697. The van der Waals surface area contributed by atoms with Crippen LogP contribution in [0.15, 0.2) is 47.4 Å². The van der Waals surface area contributed by atoms with E-state index in [2.05, 4.69) is 4.72 Å². The Morgan fingerprint density at radius 3 is 1.96 bits per heavy atom. The summed E-state index contributed by atoms with van der Waals surface area (Å²) < 4.78 is 37.7. The third kappa shape index (κ3) is 3.54. The number of hydrogen-bond donors (Lipinski definition) is 2. The van der Waals surface area contributed by atoms with E-state index in [4.69, 9.17) is 14.6 Å². The number of carboxylic acid groups (broad SMARTS) is 1. The lowest BCUT2D eigenvalue weighted by atomic mass is 10.2. The van der Waals surface area contributed by atoms with Gasteiger partial charge in [0, 0.05) is 5.69 Å². The zero-order chi connectivity index (χ0) is 17.0. The minimum Gasteiger partial charge on any atom is -0.495 e. The molecule has 0 aliphatic rings. The summed E-state index contributed by atoms with van der Waals surface area (Å²) in [5.74, 6) is -0.816. The van der Waals surface area contributed by atoms with Gasteiger partial charge in [-0.1, -0.05) is 6.07 Å². The number of sulfonamides is 1. The second kappa shape index (κ2) is 6.57. The predicted molar refractivity (Wildman–Crippen MR) is 83.8 cm³/mol. The third-order valence-electron chi connectivity index (χ3n) is 3.04. The summed E-state index contributed by atoms with van der Waals surface area (Å²) in [7, 11) is -1.27. The summed E-state index contributed by atoms with van der Waals surface area (Å²) in [4.78, 5) is 10.7. The molecule has 0 aromatic heterocycles. The van der Waals surface area contributed by atoms with E-state index in [1.165, 1.54) is 50.6 Å². The molecule has 0 aliphatic carbocycles. The topological polar surface area (TPSA) is 102 Å². The van der Waals surface area contributed by atoms with E-state index in [9.17, 15) is 13.2 Å². The van der Waals surface area contributed by atoms with Gasteiger partial charge >= 0.3 is 5.97 Å². The van der Waals surface area contributed by atoms with Crippen LogP contribution in [0.2, 0.25) is 0 Å². The summed E-state index contributed by atoms with van der Waals surface area (Å²) in [5.41, 5.74) is 0.283. The van der Waals surface area contributed by atoms with Crippen LogP contribution in [0.25, 0.3) is 0 Å². The SMILES string of the molecule is COc1cccc(OC)c1S(=O)(=O)Nc1ccc(C(=O)O)cc1. The van der Waals surface area contributed by atoms with Crippen LogP contribution in [0, 0.1) is 0 Å². The number of methoxy groups -OCH3 is 2. The quantitative estimate of drug-likeness (QED) is 0.838. The van der Waals surface area contributed by atoms with Gasteiger partial charge in [-0.25, -0.2) is 13.2 Å². The van der Waals surface area contributed by atoms with Crippen LogP contribution in [-0.4, -0.2) is 33.7 Å². The molecule has 0 amide bonds. The average Bonchev–Trinajstić information content (AvgIpc) is 2.54. The highest BCUT2D eigenvalue weighted by Crippen LogP contribution is 2.34. The fraction of sp³-hybridized carbons (Fsp3) is 0.133. The molecule has 122 valence electrons. The van der Waals surface area contributed by atoms with E-state index in [1.54, 1.807) is 6.07 Å². The van der Waals surface area contributed by atoms with Crippen molar-refractivity contribution in [3.05, 3.63) is 48.0 Å². The molecule has 8 heteroatoms. The summed E-state index contributed by atoms with van der Waals surface area (Å²) >= 11 is 0. The molecular formula is C15H15NO6S. The van der Waals surface area contributed by atoms with Gasteiger partial charge in [-0.3, -0.25) is 4.72 Å². The summed E-state index contributed by atoms with van der Waals surface area (Å²) in [6.45, 7) is 0. The van der Waals surface area contributed by atoms with Crippen molar-refractivity contribution >= 4 is 21.7 Å². The molecule has 0 radical (unpaired) electrons. The third-order valence-corrected chi connectivity index (χ3v) is 4.48. The highest BCUT2D eigenvalue weighted by atomic mass is 32.2. The zero-order valence-electron chi connectivity index (χ0n) is 12.4. The normalized spacial score (nSPS) is 10.9. The molecule has 2 rings (SSSR count). The first-order chi connectivity index (χ1) is 10.9. The van der Waals surface area contributed by atoms with Crippen LogP contribution in [0.1, 0.15) is 10.4 Å². The van der Waals surface area contributed by atoms with Crippen LogP contribution >= 0.6 is 0 Å². The second-order valence-corrected chi connectivity index (χ2v) is 6.10. The van der Waals surface area contributed by atoms with Crippen molar-refractivity contribution in [1.82, 2.24) is 0 Å². The van der Waals surface area contributed by atoms with Gasteiger partial charge in [-0.15, -0.1) is 0 Å². The van der Waals surface area contributed by atoms with E-state index in [-0.39, 0.29) is 27.6 Å². The van der Waals surface area contributed by atoms with Gasteiger partial charge in [0.1, 0.15) is 11.5 Å². The van der Waals surface area contributed by atoms with E-state index in [0.717, 1.165) is 0 Å². The van der Waals surface area contributed by atoms with Crippen molar-refractivity contribution in [1.29, 1.82) is 0 Å². The van der Waals surface area contributed by atoms with Gasteiger partial charge in [-0.2, -0.15) is 0 Å². The van der Waals surface area contributed by atoms with E-state index >= 15 is 0 Å². The Bertz CT molecular complexity index is 792. The van der Waals surface area contributed by atoms with E-state index in [0.29, 0.717) is 0 Å². The Hall–Kier alpha value is -2.74. The number of anilines is 1. The number of aromatic carboxylic acids is 1. The molecule has 0 bridgehead atoms. The molecule has 0 unspecified atom stereocenters. The molecule has 0 saturated heterocycles. The molecule has 0 heterocycles. The molecule has 2 aromatic carbocycles. The second-order valence-electron chi connectivity index (χ2n) is 4.48. The van der Waals surface area contributed by atoms with Gasteiger partial charge in [0.15, 0.2) is 4.90 Å². The van der Waals surface area contributed by atoms with Crippen LogP contribution in [0.5, 0.6) is 11.5 Å². The first-order valence-corrected chi connectivity index (χ1v) is 7.94. The van der Waals surface area contributed by atoms with Gasteiger partial charge in [0.05, 0.1) is 19.8 Å². The fourth-order valence-electron chi connectivity index (χ4n) is 1.97. The number of nitrogens with one attached hydrogen (secondary N) is 1. The molecule has 0 saturated carbocycles. The fourth-order valence-corrected chi connectivity index (χ4v) is 3.35. The van der Waals surface area contributed by atoms with Gasteiger partial charge in [-0.05, 0) is 36.4 Å². The standard InChI is InChI=1S/C15H15NO6S/c1-21-12-4-3-5-13(22-2)14(12)23(19,20)16-11-8-6-10(7-9-11)15(17)18/h3-9,16H,1-2H3,(H,17,18). The lowest BCUT2D eigenvalue weighted by Crippen LogP contribution is -2.15. The highest BCUT2D eigenvalue weighted by molar-refractivity contribution is 7.93. The molecule has 2 N–H and O–H groups in total. The van der Waals surface area contributed by atoms with Crippen molar-refractivity contribution in [3.63, 3.8) is 0 Å². The largest absolute Gasteiger partial charge is 0.495 e. The Kier molecular flexibility index (Phi) is 4.75. The average molecular weight is 337 g/mol. The number of rotatable bonds is 6. The van der Waals surface area contributed by atoms with E-state index in [1.807, 2.05) is 0 Å². The molecule has 23 heavy (non-hydrogen) atoms. The van der Waals surface area contributed by atoms with Gasteiger partial charge in [0.25, 0.3) is 10.0 Å². The molecule has 0 atom stereocenters. The predicted octanol–water partition coefficient (Wildman–Crippen LogP) is 2.20. The highest BCUT2D eigenvalue weighted by Gasteiger charge is 2.24. The van der Waals surface area contributed by atoms with E-state index < -0.39 is 16.0 Å². The van der Waals surface area contributed by atoms with Crippen molar-refractivity contribution in [3.8, 4) is 11.5 Å². The van der Waals surface area contributed by atoms with Gasteiger partial charge in [0.2, 0.25) is 0 Å². The minimum absolute atomic E-state index is 0.0582. The first kappa shape index (κ1) is 16.6. The van der Waals surface area contributed by atoms with Crippen molar-refractivity contribution in [2.45, 2.75) is 4.90 Å². The number of benzene rings is 2. The maximum Gasteiger partial charge on any atom is 0.335 e. The van der Waals surface area contributed by atoms with Crippen molar-refractivity contribution in [2.75, 3.05) is 18.9 Å². The molecule has 0 fully saturated rings. The smallest absolute Gasteiger partial charge is 0.335 e. The zero-order valence-corrected chi connectivity index (χ0v) is 13.3. The molecular weight excluding hydrogens is 322 g/mol. The van der Waals surface area contributed by atoms with Crippen LogP contribution in [-0.2, 0) is 10.0 Å². The Morgan fingerprint density at radius 1 is 1.00 bits per heavy atom. The van der Waals surface area contributed by atoms with Crippen LogP contribution in [0.3, 0.4) is 0 Å². The minimum atomic E-state index is -3.98. The molecule has 2 aromatic rings. The monoisotopic (exact) mass is 337 g/mol.